The number of anilines is 1. The third-order valence-corrected chi connectivity index (χ3v) is 4.96. The molecule has 1 aliphatic rings. The van der Waals surface area contributed by atoms with Crippen molar-refractivity contribution in [2.24, 2.45) is 5.92 Å². The predicted molar refractivity (Wildman–Crippen MR) is 105 cm³/mol. The van der Waals surface area contributed by atoms with Crippen molar-refractivity contribution < 1.29 is 14.4 Å². The standard InChI is InChI=1S/C22H24N2O3/c1-4-15-7-11-18(12-8-15)24-21(26)19(20(25)23-22(24)27)13-16-5-9-17(10-6-16)14(2)3/h5-12,14,19H,4,13H2,1-3H3,(H,23,25,27). The van der Waals surface area contributed by atoms with Gasteiger partial charge in [-0.05, 0) is 47.6 Å². The number of rotatable bonds is 5. The van der Waals surface area contributed by atoms with Gasteiger partial charge in [-0.25, -0.2) is 9.69 Å². The maximum absolute atomic E-state index is 12.9. The first-order chi connectivity index (χ1) is 12.9. The van der Waals surface area contributed by atoms with Gasteiger partial charge in [0.15, 0.2) is 0 Å². The predicted octanol–water partition coefficient (Wildman–Crippen LogP) is 3.81. The van der Waals surface area contributed by atoms with Crippen LogP contribution in [0.5, 0.6) is 0 Å². The van der Waals surface area contributed by atoms with Gasteiger partial charge < -0.3 is 0 Å². The van der Waals surface area contributed by atoms with Gasteiger partial charge >= 0.3 is 6.03 Å². The highest BCUT2D eigenvalue weighted by atomic mass is 16.2. The summed E-state index contributed by atoms with van der Waals surface area (Å²) in [6.07, 6.45) is 1.13. The van der Waals surface area contributed by atoms with Crippen LogP contribution >= 0.6 is 0 Å². The molecule has 1 fully saturated rings. The van der Waals surface area contributed by atoms with Gasteiger partial charge in [-0.15, -0.1) is 0 Å². The third kappa shape index (κ3) is 3.92. The van der Waals surface area contributed by atoms with Crippen molar-refractivity contribution in [1.82, 2.24) is 5.32 Å². The van der Waals surface area contributed by atoms with Crippen LogP contribution in [0.4, 0.5) is 10.5 Å². The zero-order chi connectivity index (χ0) is 19.6. The second kappa shape index (κ2) is 7.74. The Kier molecular flexibility index (Phi) is 5.40. The molecule has 1 N–H and O–H groups in total. The van der Waals surface area contributed by atoms with Gasteiger partial charge in [-0.1, -0.05) is 57.2 Å². The van der Waals surface area contributed by atoms with Crippen molar-refractivity contribution in [3.8, 4) is 0 Å². The SMILES string of the molecule is CCc1ccc(N2C(=O)NC(=O)C(Cc3ccc(C(C)C)cc3)C2=O)cc1. The van der Waals surface area contributed by atoms with E-state index in [1.165, 1.54) is 5.56 Å². The van der Waals surface area contributed by atoms with Crippen LogP contribution in [-0.2, 0) is 22.4 Å². The minimum absolute atomic E-state index is 0.264. The maximum atomic E-state index is 12.9. The van der Waals surface area contributed by atoms with Crippen molar-refractivity contribution >= 4 is 23.5 Å². The molecule has 140 valence electrons. The molecule has 0 spiro atoms. The molecule has 5 heteroatoms. The lowest BCUT2D eigenvalue weighted by atomic mass is 9.93. The molecule has 1 heterocycles. The first kappa shape index (κ1) is 18.8. The quantitative estimate of drug-likeness (QED) is 0.821. The number of amides is 4. The summed E-state index contributed by atoms with van der Waals surface area (Å²) < 4.78 is 0. The number of urea groups is 1. The number of hydrogen-bond donors (Lipinski definition) is 1. The molecular weight excluding hydrogens is 340 g/mol. The van der Waals surface area contributed by atoms with Crippen molar-refractivity contribution in [2.75, 3.05) is 4.90 Å². The van der Waals surface area contributed by atoms with Crippen LogP contribution in [0.3, 0.4) is 0 Å². The molecule has 0 aliphatic carbocycles. The van der Waals surface area contributed by atoms with E-state index < -0.39 is 23.8 Å². The minimum Gasteiger partial charge on any atom is -0.277 e. The zero-order valence-electron chi connectivity index (χ0n) is 15.9. The normalized spacial score (nSPS) is 17.4. The van der Waals surface area contributed by atoms with Crippen molar-refractivity contribution in [1.29, 1.82) is 0 Å². The van der Waals surface area contributed by atoms with Gasteiger partial charge in [0.05, 0.1) is 5.69 Å². The molecule has 1 saturated heterocycles. The highest BCUT2D eigenvalue weighted by Gasteiger charge is 2.41. The van der Waals surface area contributed by atoms with E-state index in [-0.39, 0.29) is 6.42 Å². The Morgan fingerprint density at radius 1 is 0.926 bits per heavy atom. The smallest absolute Gasteiger partial charge is 0.277 e. The summed E-state index contributed by atoms with van der Waals surface area (Å²) >= 11 is 0. The molecule has 0 bridgehead atoms. The Bertz CT molecular complexity index is 854. The summed E-state index contributed by atoms with van der Waals surface area (Å²) in [4.78, 5) is 38.5. The van der Waals surface area contributed by atoms with E-state index in [0.717, 1.165) is 22.4 Å². The zero-order valence-corrected chi connectivity index (χ0v) is 15.9. The van der Waals surface area contributed by atoms with Gasteiger partial charge in [0.2, 0.25) is 11.8 Å². The van der Waals surface area contributed by atoms with E-state index in [2.05, 4.69) is 19.2 Å². The molecule has 1 unspecified atom stereocenters. The van der Waals surface area contributed by atoms with Crippen LogP contribution in [0.2, 0.25) is 0 Å². The number of imide groups is 2. The molecule has 5 nitrogen and oxygen atoms in total. The molecule has 0 radical (unpaired) electrons. The summed E-state index contributed by atoms with van der Waals surface area (Å²) in [7, 11) is 0. The van der Waals surface area contributed by atoms with Crippen LogP contribution in [0.1, 0.15) is 43.4 Å². The molecule has 2 aromatic carbocycles. The van der Waals surface area contributed by atoms with E-state index in [9.17, 15) is 14.4 Å². The largest absolute Gasteiger partial charge is 0.335 e. The lowest BCUT2D eigenvalue weighted by Crippen LogP contribution is -2.58. The topological polar surface area (TPSA) is 66.5 Å². The first-order valence-electron chi connectivity index (χ1n) is 9.27. The van der Waals surface area contributed by atoms with Crippen LogP contribution in [0.15, 0.2) is 48.5 Å². The van der Waals surface area contributed by atoms with E-state index >= 15 is 0 Å². The molecule has 4 amide bonds. The minimum atomic E-state index is -0.918. The van der Waals surface area contributed by atoms with E-state index in [1.807, 2.05) is 43.3 Å². The number of nitrogens with zero attached hydrogens (tertiary/aromatic N) is 1. The van der Waals surface area contributed by atoms with Crippen molar-refractivity contribution in [3.05, 3.63) is 65.2 Å². The Balaban J connectivity index is 1.83. The lowest BCUT2D eigenvalue weighted by Gasteiger charge is -2.30. The molecule has 27 heavy (non-hydrogen) atoms. The summed E-state index contributed by atoms with van der Waals surface area (Å²) in [5.74, 6) is -1.53. The number of benzene rings is 2. The molecule has 1 atom stereocenters. The van der Waals surface area contributed by atoms with Crippen LogP contribution in [0.25, 0.3) is 0 Å². The molecule has 3 rings (SSSR count). The van der Waals surface area contributed by atoms with Gasteiger partial charge in [0.1, 0.15) is 5.92 Å². The highest BCUT2D eigenvalue weighted by Crippen LogP contribution is 2.24. The second-order valence-corrected chi connectivity index (χ2v) is 7.14. The second-order valence-electron chi connectivity index (χ2n) is 7.14. The maximum Gasteiger partial charge on any atom is 0.335 e. The number of carbonyl (C=O) groups excluding carboxylic acids is 3. The van der Waals surface area contributed by atoms with Crippen molar-refractivity contribution in [2.45, 2.75) is 39.5 Å². The summed E-state index contributed by atoms with van der Waals surface area (Å²) in [6.45, 7) is 6.26. The van der Waals surface area contributed by atoms with E-state index in [4.69, 9.17) is 0 Å². The average molecular weight is 364 g/mol. The van der Waals surface area contributed by atoms with Gasteiger partial charge in [0, 0.05) is 0 Å². The molecule has 1 aliphatic heterocycles. The van der Waals surface area contributed by atoms with E-state index in [1.54, 1.807) is 12.1 Å². The van der Waals surface area contributed by atoms with Crippen LogP contribution < -0.4 is 10.2 Å². The lowest BCUT2D eigenvalue weighted by molar-refractivity contribution is -0.134. The van der Waals surface area contributed by atoms with E-state index in [0.29, 0.717) is 11.6 Å². The fourth-order valence-electron chi connectivity index (χ4n) is 3.20. The van der Waals surface area contributed by atoms with Gasteiger partial charge in [0.25, 0.3) is 0 Å². The Labute approximate surface area is 159 Å². The Morgan fingerprint density at radius 3 is 2.07 bits per heavy atom. The van der Waals surface area contributed by atoms with Crippen LogP contribution in [-0.4, -0.2) is 17.8 Å². The molecule has 0 aromatic heterocycles. The highest BCUT2D eigenvalue weighted by molar-refractivity contribution is 6.27. The Morgan fingerprint density at radius 2 is 1.52 bits per heavy atom. The monoisotopic (exact) mass is 364 g/mol. The Hall–Kier alpha value is -2.95. The van der Waals surface area contributed by atoms with Crippen molar-refractivity contribution in [3.63, 3.8) is 0 Å². The fraction of sp³-hybridized carbons (Fsp3) is 0.318. The first-order valence-corrected chi connectivity index (χ1v) is 9.27. The van der Waals surface area contributed by atoms with Gasteiger partial charge in [-0.2, -0.15) is 0 Å². The fourth-order valence-corrected chi connectivity index (χ4v) is 3.20. The number of barbiturate groups is 1. The molecule has 0 saturated carbocycles. The van der Waals surface area contributed by atoms with Crippen LogP contribution in [0, 0.1) is 5.92 Å². The summed E-state index contributed by atoms with van der Waals surface area (Å²) in [5.41, 5.74) is 3.68. The average Bonchev–Trinajstić information content (AvgIpc) is 2.66. The third-order valence-electron chi connectivity index (χ3n) is 4.96. The number of carbonyl (C=O) groups is 3. The van der Waals surface area contributed by atoms with Gasteiger partial charge in [-0.3, -0.25) is 14.9 Å². The molecule has 2 aromatic rings. The number of nitrogens with one attached hydrogen (secondary N) is 1. The molecular formula is C22H24N2O3. The summed E-state index contributed by atoms with van der Waals surface area (Å²) in [6, 6.07) is 14.4. The summed E-state index contributed by atoms with van der Waals surface area (Å²) in [5, 5.41) is 2.31. The number of hydrogen-bond acceptors (Lipinski definition) is 3. The number of aryl methyl sites for hydroxylation is 1.